The molecule has 1 aromatic carbocycles. The van der Waals surface area contributed by atoms with Crippen molar-refractivity contribution in [3.8, 4) is 0 Å². The molecule has 1 heterocycles. The number of hydrogen-bond donors (Lipinski definition) is 1. The Hall–Kier alpha value is -1.88. The van der Waals surface area contributed by atoms with E-state index >= 15 is 0 Å². The van der Waals surface area contributed by atoms with Gasteiger partial charge in [0.1, 0.15) is 0 Å². The van der Waals surface area contributed by atoms with Crippen LogP contribution in [-0.4, -0.2) is 54.8 Å². The van der Waals surface area contributed by atoms with Gasteiger partial charge in [0.2, 0.25) is 11.8 Å². The van der Waals surface area contributed by atoms with Gasteiger partial charge in [-0.25, -0.2) is 0 Å². The van der Waals surface area contributed by atoms with Crippen LogP contribution in [-0.2, 0) is 16.1 Å². The van der Waals surface area contributed by atoms with Gasteiger partial charge in [0, 0.05) is 33.1 Å². The maximum Gasteiger partial charge on any atom is 0.241 e. The highest BCUT2D eigenvalue weighted by molar-refractivity contribution is 5.84. The SMILES string of the molecule is CN(CC1CCN(Cc2ccccc2)C1)C(=O)CNC(=O)CC(C)(C)C. The maximum absolute atomic E-state index is 12.3. The molecule has 26 heavy (non-hydrogen) atoms. The van der Waals surface area contributed by atoms with Crippen LogP contribution in [0.4, 0.5) is 0 Å². The first kappa shape index (κ1) is 20.4. The van der Waals surface area contributed by atoms with Crippen LogP contribution in [0, 0.1) is 11.3 Å². The van der Waals surface area contributed by atoms with Crippen molar-refractivity contribution >= 4 is 11.8 Å². The molecular formula is C21H33N3O2. The van der Waals surface area contributed by atoms with E-state index in [1.807, 2.05) is 33.9 Å². The van der Waals surface area contributed by atoms with E-state index in [2.05, 4.69) is 34.5 Å². The van der Waals surface area contributed by atoms with Crippen LogP contribution >= 0.6 is 0 Å². The number of carbonyl (C=O) groups is 2. The topological polar surface area (TPSA) is 52.6 Å². The molecule has 0 aliphatic carbocycles. The summed E-state index contributed by atoms with van der Waals surface area (Å²) in [4.78, 5) is 28.3. The highest BCUT2D eigenvalue weighted by Crippen LogP contribution is 2.20. The van der Waals surface area contributed by atoms with Gasteiger partial charge in [0.25, 0.3) is 0 Å². The number of amides is 2. The summed E-state index contributed by atoms with van der Waals surface area (Å²) in [5.74, 6) is 0.417. The lowest BCUT2D eigenvalue weighted by Crippen LogP contribution is -2.41. The lowest BCUT2D eigenvalue weighted by Gasteiger charge is -2.23. The number of nitrogens with zero attached hydrogens (tertiary/aromatic N) is 2. The smallest absolute Gasteiger partial charge is 0.241 e. The number of likely N-dealkylation sites (tertiary alicyclic amines) is 1. The van der Waals surface area contributed by atoms with Gasteiger partial charge in [-0.2, -0.15) is 0 Å². The molecule has 0 bridgehead atoms. The van der Waals surface area contributed by atoms with Gasteiger partial charge in [-0.3, -0.25) is 14.5 Å². The Morgan fingerprint density at radius 1 is 1.23 bits per heavy atom. The number of likely N-dealkylation sites (N-methyl/N-ethyl adjacent to an activating group) is 1. The Bertz CT molecular complexity index is 595. The number of benzene rings is 1. The highest BCUT2D eigenvalue weighted by Gasteiger charge is 2.25. The van der Waals surface area contributed by atoms with E-state index in [1.54, 1.807) is 4.90 Å². The van der Waals surface area contributed by atoms with Crippen molar-refractivity contribution < 1.29 is 9.59 Å². The zero-order valence-electron chi connectivity index (χ0n) is 16.6. The van der Waals surface area contributed by atoms with Gasteiger partial charge in [-0.1, -0.05) is 51.1 Å². The molecule has 0 aromatic heterocycles. The number of rotatable bonds is 7. The minimum absolute atomic E-state index is 0.0197. The summed E-state index contributed by atoms with van der Waals surface area (Å²) in [6.45, 7) is 9.95. The van der Waals surface area contributed by atoms with E-state index in [0.29, 0.717) is 12.3 Å². The van der Waals surface area contributed by atoms with Crippen molar-refractivity contribution in [1.29, 1.82) is 0 Å². The summed E-state index contributed by atoms with van der Waals surface area (Å²) < 4.78 is 0. The molecule has 1 fully saturated rings. The monoisotopic (exact) mass is 359 g/mol. The average Bonchev–Trinajstić information content (AvgIpc) is 2.98. The Morgan fingerprint density at radius 2 is 1.92 bits per heavy atom. The Balaban J connectivity index is 1.69. The van der Waals surface area contributed by atoms with Crippen LogP contribution in [0.2, 0.25) is 0 Å². The molecule has 1 aromatic rings. The van der Waals surface area contributed by atoms with E-state index in [9.17, 15) is 9.59 Å². The molecule has 5 heteroatoms. The molecule has 1 saturated heterocycles. The molecule has 1 aliphatic heterocycles. The highest BCUT2D eigenvalue weighted by atomic mass is 16.2. The second-order valence-electron chi connectivity index (χ2n) is 8.66. The van der Waals surface area contributed by atoms with Crippen LogP contribution in [0.15, 0.2) is 30.3 Å². The fraction of sp³-hybridized carbons (Fsp3) is 0.619. The van der Waals surface area contributed by atoms with E-state index in [1.165, 1.54) is 5.56 Å². The summed E-state index contributed by atoms with van der Waals surface area (Å²) in [5, 5.41) is 2.75. The van der Waals surface area contributed by atoms with Gasteiger partial charge >= 0.3 is 0 Å². The lowest BCUT2D eigenvalue weighted by molar-refractivity contribution is -0.132. The van der Waals surface area contributed by atoms with Gasteiger partial charge < -0.3 is 10.2 Å². The van der Waals surface area contributed by atoms with Crippen molar-refractivity contribution in [2.24, 2.45) is 11.3 Å². The van der Waals surface area contributed by atoms with E-state index in [4.69, 9.17) is 0 Å². The molecule has 1 aliphatic rings. The molecule has 0 radical (unpaired) electrons. The molecule has 0 saturated carbocycles. The first-order valence-corrected chi connectivity index (χ1v) is 9.50. The van der Waals surface area contributed by atoms with E-state index < -0.39 is 0 Å². The number of hydrogen-bond acceptors (Lipinski definition) is 3. The van der Waals surface area contributed by atoms with E-state index in [-0.39, 0.29) is 23.8 Å². The third kappa shape index (κ3) is 7.16. The molecular weight excluding hydrogens is 326 g/mol. The summed E-state index contributed by atoms with van der Waals surface area (Å²) in [6.07, 6.45) is 1.54. The Morgan fingerprint density at radius 3 is 2.58 bits per heavy atom. The molecule has 2 amide bonds. The zero-order chi connectivity index (χ0) is 19.2. The van der Waals surface area contributed by atoms with Crippen LogP contribution in [0.1, 0.15) is 39.2 Å². The summed E-state index contributed by atoms with van der Waals surface area (Å²) in [5.41, 5.74) is 1.27. The van der Waals surface area contributed by atoms with Crippen LogP contribution < -0.4 is 5.32 Å². The van der Waals surface area contributed by atoms with Gasteiger partial charge in [0.05, 0.1) is 6.54 Å². The predicted molar refractivity (Wildman–Crippen MR) is 105 cm³/mol. The molecule has 1 N–H and O–H groups in total. The Labute approximate surface area is 157 Å². The molecule has 1 atom stereocenters. The van der Waals surface area contributed by atoms with Crippen molar-refractivity contribution in [2.45, 2.75) is 40.2 Å². The van der Waals surface area contributed by atoms with Gasteiger partial charge in [0.15, 0.2) is 0 Å². The largest absolute Gasteiger partial charge is 0.347 e. The first-order chi connectivity index (χ1) is 12.2. The van der Waals surface area contributed by atoms with Gasteiger partial charge in [-0.05, 0) is 29.9 Å². The fourth-order valence-corrected chi connectivity index (χ4v) is 3.39. The van der Waals surface area contributed by atoms with Crippen molar-refractivity contribution in [1.82, 2.24) is 15.1 Å². The molecule has 2 rings (SSSR count). The predicted octanol–water partition coefficient (Wildman–Crippen LogP) is 2.52. The lowest BCUT2D eigenvalue weighted by atomic mass is 9.92. The summed E-state index contributed by atoms with van der Waals surface area (Å²) in [7, 11) is 1.83. The van der Waals surface area contributed by atoms with Gasteiger partial charge in [-0.15, -0.1) is 0 Å². The third-order valence-electron chi connectivity index (χ3n) is 4.70. The molecule has 0 spiro atoms. The molecule has 1 unspecified atom stereocenters. The second-order valence-corrected chi connectivity index (χ2v) is 8.66. The zero-order valence-corrected chi connectivity index (χ0v) is 16.6. The van der Waals surface area contributed by atoms with Crippen molar-refractivity contribution in [3.63, 3.8) is 0 Å². The van der Waals surface area contributed by atoms with Crippen LogP contribution in [0.3, 0.4) is 0 Å². The maximum atomic E-state index is 12.3. The third-order valence-corrected chi connectivity index (χ3v) is 4.70. The van der Waals surface area contributed by atoms with Crippen LogP contribution in [0.25, 0.3) is 0 Å². The summed E-state index contributed by atoms with van der Waals surface area (Å²) >= 11 is 0. The minimum Gasteiger partial charge on any atom is -0.347 e. The minimum atomic E-state index is -0.0644. The molecule has 5 nitrogen and oxygen atoms in total. The standard InChI is InChI=1S/C21H33N3O2/c1-21(2,3)12-19(25)22-13-20(26)23(4)14-18-10-11-24(16-18)15-17-8-6-5-7-9-17/h5-9,18H,10-16H2,1-4H3,(H,22,25). The number of carbonyl (C=O) groups excluding carboxylic acids is 2. The summed E-state index contributed by atoms with van der Waals surface area (Å²) in [6, 6.07) is 10.5. The second kappa shape index (κ2) is 9.17. The fourth-order valence-electron chi connectivity index (χ4n) is 3.39. The van der Waals surface area contributed by atoms with E-state index in [0.717, 1.165) is 32.6 Å². The number of nitrogens with one attached hydrogen (secondary N) is 1. The average molecular weight is 360 g/mol. The molecule has 144 valence electrons. The quantitative estimate of drug-likeness (QED) is 0.814. The normalized spacial score (nSPS) is 17.9. The van der Waals surface area contributed by atoms with Crippen molar-refractivity contribution in [2.75, 3.05) is 33.2 Å². The first-order valence-electron chi connectivity index (χ1n) is 9.50. The van der Waals surface area contributed by atoms with Crippen LogP contribution in [0.5, 0.6) is 0 Å². The van der Waals surface area contributed by atoms with Crippen molar-refractivity contribution in [3.05, 3.63) is 35.9 Å². The Kier molecular flexibility index (Phi) is 7.21.